The first kappa shape index (κ1) is 17.4. The van der Waals surface area contributed by atoms with E-state index in [-0.39, 0.29) is 17.4 Å². The Morgan fingerprint density at radius 1 is 1.17 bits per heavy atom. The Morgan fingerprint density at radius 2 is 1.61 bits per heavy atom. The monoisotopic (exact) mass is 257 g/mol. The zero-order chi connectivity index (χ0) is 14.3. The van der Waals surface area contributed by atoms with Crippen molar-refractivity contribution in [3.05, 3.63) is 0 Å². The van der Waals surface area contributed by atoms with E-state index >= 15 is 0 Å². The topological polar surface area (TPSA) is 52.3 Å². The van der Waals surface area contributed by atoms with Crippen molar-refractivity contribution in [1.29, 1.82) is 0 Å². The fraction of sp³-hybridized carbons (Fsp3) is 0.933. The van der Waals surface area contributed by atoms with Gasteiger partial charge in [-0.05, 0) is 36.5 Å². The first-order valence-corrected chi connectivity index (χ1v) is 7.09. The van der Waals surface area contributed by atoms with E-state index in [2.05, 4.69) is 34.6 Å². The van der Waals surface area contributed by atoms with Gasteiger partial charge in [0.15, 0.2) is 0 Å². The molecule has 0 radical (unpaired) electrons. The molecule has 0 aromatic heterocycles. The second kappa shape index (κ2) is 7.78. The molecule has 0 aliphatic carbocycles. The van der Waals surface area contributed by atoms with Gasteiger partial charge in [0.25, 0.3) is 0 Å². The molecule has 0 heterocycles. The Hall–Kier alpha value is -0.570. The minimum Gasteiger partial charge on any atom is -0.469 e. The minimum absolute atomic E-state index is 0.0569. The van der Waals surface area contributed by atoms with E-state index in [1.54, 1.807) is 0 Å². The van der Waals surface area contributed by atoms with Crippen LogP contribution < -0.4 is 5.73 Å². The third-order valence-electron chi connectivity index (χ3n) is 3.58. The summed E-state index contributed by atoms with van der Waals surface area (Å²) in [6.07, 6.45) is 3.30. The molecule has 0 aliphatic rings. The number of hydrogen-bond acceptors (Lipinski definition) is 3. The Balaban J connectivity index is 5.16. The second-order valence-corrected chi connectivity index (χ2v) is 6.33. The number of carbonyl (C=O) groups excluding carboxylic acids is 1. The highest BCUT2D eigenvalue weighted by Crippen LogP contribution is 2.41. The molecular formula is C15H31NO2. The van der Waals surface area contributed by atoms with Crippen LogP contribution in [-0.2, 0) is 9.53 Å². The molecule has 3 heteroatoms. The number of hydrogen-bond donors (Lipinski definition) is 1. The minimum atomic E-state index is -0.139. The second-order valence-electron chi connectivity index (χ2n) is 6.33. The number of methoxy groups -OCH3 is 1. The molecule has 0 saturated carbocycles. The smallest absolute Gasteiger partial charge is 0.306 e. The number of ether oxygens (including phenoxy) is 1. The van der Waals surface area contributed by atoms with Gasteiger partial charge in [0.2, 0.25) is 0 Å². The highest BCUT2D eigenvalue weighted by Gasteiger charge is 2.39. The Morgan fingerprint density at radius 3 is 1.89 bits per heavy atom. The van der Waals surface area contributed by atoms with Gasteiger partial charge >= 0.3 is 5.97 Å². The highest BCUT2D eigenvalue weighted by atomic mass is 16.5. The SMILES string of the molecule is CCC(N)C(CC(=O)OC)(CC(C)C)CC(C)C. The average molecular weight is 257 g/mol. The number of carbonyl (C=O) groups is 1. The van der Waals surface area contributed by atoms with Crippen LogP contribution in [0.2, 0.25) is 0 Å². The molecule has 0 fully saturated rings. The van der Waals surface area contributed by atoms with Gasteiger partial charge < -0.3 is 10.5 Å². The Kier molecular flexibility index (Phi) is 7.53. The molecule has 0 aromatic rings. The van der Waals surface area contributed by atoms with E-state index in [0.717, 1.165) is 19.3 Å². The van der Waals surface area contributed by atoms with Crippen LogP contribution in [0.25, 0.3) is 0 Å². The average Bonchev–Trinajstić information content (AvgIpc) is 2.25. The first-order chi connectivity index (χ1) is 8.27. The Bertz CT molecular complexity index is 239. The summed E-state index contributed by atoms with van der Waals surface area (Å²) in [4.78, 5) is 11.7. The van der Waals surface area contributed by atoms with Crippen molar-refractivity contribution in [3.8, 4) is 0 Å². The molecule has 18 heavy (non-hydrogen) atoms. The third-order valence-corrected chi connectivity index (χ3v) is 3.58. The molecule has 0 aromatic carbocycles. The summed E-state index contributed by atoms with van der Waals surface area (Å²) in [7, 11) is 1.45. The lowest BCUT2D eigenvalue weighted by atomic mass is 9.66. The summed E-state index contributed by atoms with van der Waals surface area (Å²) in [6.45, 7) is 10.9. The van der Waals surface area contributed by atoms with Crippen molar-refractivity contribution in [2.75, 3.05) is 7.11 Å². The molecule has 0 saturated heterocycles. The molecule has 0 aliphatic heterocycles. The van der Waals surface area contributed by atoms with Crippen LogP contribution in [0.15, 0.2) is 0 Å². The summed E-state index contributed by atoms with van der Waals surface area (Å²) < 4.78 is 4.87. The predicted octanol–water partition coefficient (Wildman–Crippen LogP) is 3.37. The van der Waals surface area contributed by atoms with Crippen molar-refractivity contribution < 1.29 is 9.53 Å². The lowest BCUT2D eigenvalue weighted by Crippen LogP contribution is -2.45. The lowest BCUT2D eigenvalue weighted by Gasteiger charge is -2.41. The van der Waals surface area contributed by atoms with Gasteiger partial charge in [-0.25, -0.2) is 0 Å². The van der Waals surface area contributed by atoms with Crippen LogP contribution in [0, 0.1) is 17.3 Å². The fourth-order valence-electron chi connectivity index (χ4n) is 3.08. The summed E-state index contributed by atoms with van der Waals surface area (Å²) >= 11 is 0. The van der Waals surface area contributed by atoms with Crippen LogP contribution in [0.3, 0.4) is 0 Å². The summed E-state index contributed by atoms with van der Waals surface area (Å²) in [5, 5.41) is 0. The zero-order valence-electron chi connectivity index (χ0n) is 13.0. The van der Waals surface area contributed by atoms with Crippen molar-refractivity contribution in [2.24, 2.45) is 23.0 Å². The van der Waals surface area contributed by atoms with Crippen molar-refractivity contribution in [3.63, 3.8) is 0 Å². The van der Waals surface area contributed by atoms with Gasteiger partial charge in [0.1, 0.15) is 0 Å². The van der Waals surface area contributed by atoms with E-state index < -0.39 is 0 Å². The molecule has 2 N–H and O–H groups in total. The van der Waals surface area contributed by atoms with Crippen LogP contribution in [0.4, 0.5) is 0 Å². The van der Waals surface area contributed by atoms with E-state index in [0.29, 0.717) is 18.3 Å². The maximum absolute atomic E-state index is 11.7. The number of nitrogens with two attached hydrogens (primary N) is 1. The fourth-order valence-corrected chi connectivity index (χ4v) is 3.08. The molecule has 0 rings (SSSR count). The van der Waals surface area contributed by atoms with Gasteiger partial charge in [0, 0.05) is 6.04 Å². The van der Waals surface area contributed by atoms with Crippen LogP contribution >= 0.6 is 0 Å². The van der Waals surface area contributed by atoms with Crippen LogP contribution in [0.5, 0.6) is 0 Å². The third kappa shape index (κ3) is 5.38. The first-order valence-electron chi connectivity index (χ1n) is 7.09. The molecule has 1 atom stereocenters. The summed E-state index contributed by atoms with van der Waals surface area (Å²) in [5.74, 6) is 0.928. The molecule has 0 amide bonds. The molecular weight excluding hydrogens is 226 g/mol. The molecule has 108 valence electrons. The standard InChI is InChI=1S/C15H31NO2/c1-7-13(16)15(8-11(2)3,9-12(4)5)10-14(17)18-6/h11-13H,7-10,16H2,1-6H3. The Labute approximate surface area is 112 Å². The molecule has 1 unspecified atom stereocenters. The summed E-state index contributed by atoms with van der Waals surface area (Å²) in [5.41, 5.74) is 6.22. The molecule has 0 spiro atoms. The van der Waals surface area contributed by atoms with E-state index in [1.807, 2.05) is 0 Å². The quantitative estimate of drug-likeness (QED) is 0.678. The van der Waals surface area contributed by atoms with Gasteiger partial charge in [-0.2, -0.15) is 0 Å². The van der Waals surface area contributed by atoms with Gasteiger partial charge in [0.05, 0.1) is 13.5 Å². The zero-order valence-corrected chi connectivity index (χ0v) is 13.0. The molecule has 0 bridgehead atoms. The summed E-state index contributed by atoms with van der Waals surface area (Å²) in [6, 6.07) is 0.0569. The molecule has 3 nitrogen and oxygen atoms in total. The largest absolute Gasteiger partial charge is 0.469 e. The maximum Gasteiger partial charge on any atom is 0.306 e. The highest BCUT2D eigenvalue weighted by molar-refractivity contribution is 5.70. The number of rotatable bonds is 8. The normalized spacial score (nSPS) is 14.1. The van der Waals surface area contributed by atoms with Crippen LogP contribution in [0.1, 0.15) is 60.3 Å². The van der Waals surface area contributed by atoms with Gasteiger partial charge in [-0.3, -0.25) is 4.79 Å². The lowest BCUT2D eigenvalue weighted by molar-refractivity contribution is -0.144. The van der Waals surface area contributed by atoms with Crippen molar-refractivity contribution in [1.82, 2.24) is 0 Å². The maximum atomic E-state index is 11.7. The van der Waals surface area contributed by atoms with E-state index in [4.69, 9.17) is 10.5 Å². The van der Waals surface area contributed by atoms with Crippen molar-refractivity contribution >= 4 is 5.97 Å². The van der Waals surface area contributed by atoms with E-state index in [9.17, 15) is 4.79 Å². The van der Waals surface area contributed by atoms with Gasteiger partial charge in [-0.1, -0.05) is 34.6 Å². The predicted molar refractivity (Wildman–Crippen MR) is 76.2 cm³/mol. The van der Waals surface area contributed by atoms with E-state index in [1.165, 1.54) is 7.11 Å². The number of esters is 1. The van der Waals surface area contributed by atoms with Gasteiger partial charge in [-0.15, -0.1) is 0 Å². The van der Waals surface area contributed by atoms with Crippen molar-refractivity contribution in [2.45, 2.75) is 66.3 Å². The van der Waals surface area contributed by atoms with Crippen LogP contribution in [-0.4, -0.2) is 19.1 Å².